The summed E-state index contributed by atoms with van der Waals surface area (Å²) in [5.74, 6) is 1.14. The van der Waals surface area contributed by atoms with E-state index < -0.39 is 5.56 Å². The van der Waals surface area contributed by atoms with Crippen LogP contribution in [0.1, 0.15) is 16.7 Å². The Hall–Kier alpha value is -3.75. The number of ether oxygens (including phenoxy) is 1. The number of anilines is 1. The van der Waals surface area contributed by atoms with Gasteiger partial charge in [-0.1, -0.05) is 12.1 Å². The lowest BCUT2D eigenvalue weighted by atomic mass is 9.95. The van der Waals surface area contributed by atoms with E-state index in [1.807, 2.05) is 30.3 Å². The summed E-state index contributed by atoms with van der Waals surface area (Å²) in [6.45, 7) is 0. The number of hydrogen-bond acceptors (Lipinski definition) is 7. The van der Waals surface area contributed by atoms with Gasteiger partial charge in [-0.15, -0.1) is 11.8 Å². The minimum absolute atomic E-state index is 0.0599. The summed E-state index contributed by atoms with van der Waals surface area (Å²) < 4.78 is 5.43. The predicted octanol–water partition coefficient (Wildman–Crippen LogP) is 3.06. The molecule has 28 heavy (non-hydrogen) atoms. The topological polar surface area (TPSA) is 129 Å². The lowest BCUT2D eigenvalue weighted by molar-refractivity contribution is 0.411. The van der Waals surface area contributed by atoms with Crippen LogP contribution >= 0.6 is 11.8 Å². The summed E-state index contributed by atoms with van der Waals surface area (Å²) in [4.78, 5) is 18.8. The largest absolute Gasteiger partial charge is 0.496 e. The van der Waals surface area contributed by atoms with Crippen LogP contribution in [0.25, 0.3) is 11.1 Å². The van der Waals surface area contributed by atoms with Crippen molar-refractivity contribution in [3.8, 4) is 29.0 Å². The number of H-pyrrole nitrogens is 1. The maximum atomic E-state index is 12.1. The first-order chi connectivity index (χ1) is 13.6. The van der Waals surface area contributed by atoms with Gasteiger partial charge < -0.3 is 15.5 Å². The van der Waals surface area contributed by atoms with Crippen molar-refractivity contribution in [1.82, 2.24) is 9.97 Å². The maximum Gasteiger partial charge on any atom is 0.268 e. The molecule has 0 saturated carbocycles. The molecule has 0 saturated heterocycles. The van der Waals surface area contributed by atoms with Gasteiger partial charge in [-0.2, -0.15) is 10.5 Å². The van der Waals surface area contributed by atoms with Crippen LogP contribution < -0.4 is 16.0 Å². The number of hydrogen-bond donors (Lipinski definition) is 2. The molecule has 0 bridgehead atoms. The second-order valence-electron chi connectivity index (χ2n) is 5.70. The molecule has 3 rings (SSSR count). The number of nitrogens with zero attached hydrogens (tertiary/aromatic N) is 3. The number of aromatic amines is 1. The molecule has 7 nitrogen and oxygen atoms in total. The Kier molecular flexibility index (Phi) is 5.64. The third kappa shape index (κ3) is 3.68. The Bertz CT molecular complexity index is 1160. The Labute approximate surface area is 165 Å². The second kappa shape index (κ2) is 8.30. The van der Waals surface area contributed by atoms with E-state index in [-0.39, 0.29) is 22.5 Å². The van der Waals surface area contributed by atoms with Crippen molar-refractivity contribution in [2.24, 2.45) is 0 Å². The number of benzene rings is 1. The van der Waals surface area contributed by atoms with E-state index in [9.17, 15) is 15.3 Å². The molecule has 3 aromatic rings. The molecule has 1 aromatic carbocycles. The highest BCUT2D eigenvalue weighted by atomic mass is 32.2. The fourth-order valence-corrected chi connectivity index (χ4v) is 3.60. The number of nitriles is 2. The molecule has 2 aromatic heterocycles. The van der Waals surface area contributed by atoms with Gasteiger partial charge in [-0.3, -0.25) is 4.79 Å². The minimum Gasteiger partial charge on any atom is -0.496 e. The smallest absolute Gasteiger partial charge is 0.268 e. The molecule has 0 radical (unpaired) electrons. The quantitative estimate of drug-likeness (QED) is 0.642. The van der Waals surface area contributed by atoms with Crippen LogP contribution in [-0.2, 0) is 5.75 Å². The Balaban J connectivity index is 2.11. The van der Waals surface area contributed by atoms with E-state index in [0.29, 0.717) is 17.1 Å². The van der Waals surface area contributed by atoms with E-state index in [2.05, 4.69) is 9.97 Å². The van der Waals surface area contributed by atoms with Gasteiger partial charge in [0.1, 0.15) is 34.8 Å². The zero-order valence-corrected chi connectivity index (χ0v) is 15.7. The minimum atomic E-state index is -0.630. The van der Waals surface area contributed by atoms with Crippen LogP contribution in [0.2, 0.25) is 0 Å². The van der Waals surface area contributed by atoms with Crippen LogP contribution in [0.15, 0.2) is 52.4 Å². The third-order valence-electron chi connectivity index (χ3n) is 4.05. The van der Waals surface area contributed by atoms with Gasteiger partial charge in [-0.05, 0) is 29.8 Å². The summed E-state index contributed by atoms with van der Waals surface area (Å²) >= 11 is 1.52. The van der Waals surface area contributed by atoms with Gasteiger partial charge in [0, 0.05) is 23.1 Å². The van der Waals surface area contributed by atoms with Gasteiger partial charge in [-0.25, -0.2) is 4.98 Å². The summed E-state index contributed by atoms with van der Waals surface area (Å²) in [5.41, 5.74) is 6.67. The lowest BCUT2D eigenvalue weighted by Gasteiger charge is -2.13. The van der Waals surface area contributed by atoms with E-state index >= 15 is 0 Å². The van der Waals surface area contributed by atoms with Crippen molar-refractivity contribution in [2.45, 2.75) is 10.8 Å². The van der Waals surface area contributed by atoms with Crippen LogP contribution in [0, 0.1) is 22.7 Å². The average molecular weight is 389 g/mol. The van der Waals surface area contributed by atoms with Crippen molar-refractivity contribution in [3.05, 3.63) is 69.6 Å². The number of nitrogens with two attached hydrogens (primary N) is 1. The molecule has 8 heteroatoms. The second-order valence-corrected chi connectivity index (χ2v) is 6.70. The average Bonchev–Trinajstić information content (AvgIpc) is 2.72. The summed E-state index contributed by atoms with van der Waals surface area (Å²) in [6, 6.07) is 14.7. The van der Waals surface area contributed by atoms with Crippen molar-refractivity contribution in [1.29, 1.82) is 10.5 Å². The van der Waals surface area contributed by atoms with Gasteiger partial charge in [0.15, 0.2) is 0 Å². The van der Waals surface area contributed by atoms with Crippen LogP contribution in [0.3, 0.4) is 0 Å². The Morgan fingerprint density at radius 3 is 2.64 bits per heavy atom. The highest BCUT2D eigenvalue weighted by molar-refractivity contribution is 7.98. The van der Waals surface area contributed by atoms with E-state index in [4.69, 9.17) is 10.5 Å². The number of nitrogen functional groups attached to an aromatic ring is 1. The van der Waals surface area contributed by atoms with Crippen molar-refractivity contribution in [2.75, 3.05) is 12.8 Å². The highest BCUT2D eigenvalue weighted by Crippen LogP contribution is 2.34. The molecule has 0 spiro atoms. The number of rotatable bonds is 5. The maximum absolute atomic E-state index is 12.1. The Morgan fingerprint density at radius 2 is 2.00 bits per heavy atom. The zero-order chi connectivity index (χ0) is 20.1. The van der Waals surface area contributed by atoms with Crippen molar-refractivity contribution >= 4 is 17.6 Å². The first-order valence-electron chi connectivity index (χ1n) is 8.16. The number of thioether (sulfide) groups is 1. The van der Waals surface area contributed by atoms with Crippen LogP contribution in [-0.4, -0.2) is 17.1 Å². The van der Waals surface area contributed by atoms with Gasteiger partial charge in [0.05, 0.1) is 12.1 Å². The van der Waals surface area contributed by atoms with Gasteiger partial charge in [0.25, 0.3) is 5.56 Å². The molecule has 0 aliphatic heterocycles. The zero-order valence-electron chi connectivity index (χ0n) is 14.9. The summed E-state index contributed by atoms with van der Waals surface area (Å²) in [6.07, 6.45) is 1.72. The molecular formula is C20H15N5O2S. The van der Waals surface area contributed by atoms with Crippen molar-refractivity contribution < 1.29 is 4.74 Å². The lowest BCUT2D eigenvalue weighted by Crippen LogP contribution is -2.16. The van der Waals surface area contributed by atoms with Crippen molar-refractivity contribution in [3.63, 3.8) is 0 Å². The SMILES string of the molecule is COc1ccc(-c2c(C#N)c(N)[nH]c(=O)c2C#N)cc1CSc1ccccn1. The number of nitrogens with one attached hydrogen (secondary N) is 1. The monoisotopic (exact) mass is 389 g/mol. The summed E-state index contributed by atoms with van der Waals surface area (Å²) in [7, 11) is 1.57. The molecule has 0 amide bonds. The number of aromatic nitrogens is 2. The van der Waals surface area contributed by atoms with Crippen LogP contribution in [0.4, 0.5) is 5.82 Å². The third-order valence-corrected chi connectivity index (χ3v) is 5.04. The van der Waals surface area contributed by atoms with E-state index in [0.717, 1.165) is 10.6 Å². The van der Waals surface area contributed by atoms with Gasteiger partial charge in [0.2, 0.25) is 0 Å². The normalized spacial score (nSPS) is 10.1. The molecule has 0 fully saturated rings. The fraction of sp³-hybridized carbons (Fsp3) is 0.100. The molecule has 0 unspecified atom stereocenters. The van der Waals surface area contributed by atoms with Gasteiger partial charge >= 0.3 is 0 Å². The molecule has 0 aliphatic carbocycles. The molecular weight excluding hydrogens is 374 g/mol. The Morgan fingerprint density at radius 1 is 1.21 bits per heavy atom. The van der Waals surface area contributed by atoms with E-state index in [1.165, 1.54) is 11.8 Å². The molecule has 0 aliphatic rings. The number of methoxy groups -OCH3 is 1. The first-order valence-corrected chi connectivity index (χ1v) is 9.14. The van der Waals surface area contributed by atoms with E-state index in [1.54, 1.807) is 31.5 Å². The highest BCUT2D eigenvalue weighted by Gasteiger charge is 2.19. The molecule has 138 valence electrons. The fourth-order valence-electron chi connectivity index (χ4n) is 2.76. The molecule has 0 atom stereocenters. The summed E-state index contributed by atoms with van der Waals surface area (Å²) in [5, 5.41) is 19.8. The number of pyridine rings is 2. The predicted molar refractivity (Wildman–Crippen MR) is 107 cm³/mol. The standard InChI is InChI=1S/C20H15N5O2S/c1-27-16-6-5-12(8-13(16)11-28-17-4-2-3-7-24-17)18-14(9-21)19(23)25-20(26)15(18)10-22/h2-8H,11H2,1H3,(H3,23,25,26). The molecule has 3 N–H and O–H groups in total. The first kappa shape index (κ1) is 19.0. The van der Waals surface area contributed by atoms with Crippen LogP contribution in [0.5, 0.6) is 5.75 Å². The molecule has 2 heterocycles.